The van der Waals surface area contributed by atoms with Crippen molar-refractivity contribution in [3.8, 4) is 5.75 Å². The summed E-state index contributed by atoms with van der Waals surface area (Å²) < 4.78 is 5.57. The van der Waals surface area contributed by atoms with Gasteiger partial charge in [-0.2, -0.15) is 0 Å². The molecule has 1 heterocycles. The fraction of sp³-hybridized carbons (Fsp3) is 0.333. The van der Waals surface area contributed by atoms with E-state index in [0.717, 1.165) is 25.9 Å². The number of hydrogen-bond acceptors (Lipinski definition) is 3. The number of carbonyl (C=O) groups excluding carboxylic acids is 2. The van der Waals surface area contributed by atoms with Crippen molar-refractivity contribution in [3.63, 3.8) is 0 Å². The third-order valence-corrected chi connectivity index (χ3v) is 4.76. The smallest absolute Gasteiger partial charge is 0.253 e. The molecular formula is C21H23ClN2O3. The number of nitrogens with zero attached hydrogens (tertiary/aromatic N) is 1. The van der Waals surface area contributed by atoms with Crippen molar-refractivity contribution in [2.24, 2.45) is 0 Å². The van der Waals surface area contributed by atoms with E-state index in [1.165, 1.54) is 0 Å². The highest BCUT2D eigenvalue weighted by molar-refractivity contribution is 6.32. The van der Waals surface area contributed by atoms with E-state index in [1.54, 1.807) is 36.4 Å². The molecule has 142 valence electrons. The van der Waals surface area contributed by atoms with Crippen molar-refractivity contribution in [1.82, 2.24) is 4.90 Å². The number of benzene rings is 2. The van der Waals surface area contributed by atoms with Crippen LogP contribution < -0.4 is 10.1 Å². The van der Waals surface area contributed by atoms with Gasteiger partial charge in [0.1, 0.15) is 5.75 Å². The first-order valence-electron chi connectivity index (χ1n) is 9.20. The number of nitrogens with one attached hydrogen (secondary N) is 1. The number of rotatable bonds is 7. The third kappa shape index (κ3) is 5.47. The minimum atomic E-state index is -0.0867. The molecule has 2 aromatic carbocycles. The van der Waals surface area contributed by atoms with Crippen molar-refractivity contribution >= 4 is 29.1 Å². The molecule has 1 saturated heterocycles. The SMILES string of the molecule is O=C(CCCOc1ccccc1Cl)Nc1ccc(C(=O)N2CCCC2)cc1. The predicted molar refractivity (Wildman–Crippen MR) is 106 cm³/mol. The van der Waals surface area contributed by atoms with Crippen LogP contribution in [0.25, 0.3) is 0 Å². The molecule has 1 fully saturated rings. The van der Waals surface area contributed by atoms with Crippen LogP contribution in [0, 0.1) is 0 Å². The first-order valence-corrected chi connectivity index (χ1v) is 9.58. The number of para-hydroxylation sites is 1. The maximum Gasteiger partial charge on any atom is 0.253 e. The molecule has 0 saturated carbocycles. The van der Waals surface area contributed by atoms with Crippen LogP contribution in [0.15, 0.2) is 48.5 Å². The Morgan fingerprint density at radius 3 is 2.44 bits per heavy atom. The number of carbonyl (C=O) groups is 2. The van der Waals surface area contributed by atoms with Gasteiger partial charge >= 0.3 is 0 Å². The Kier molecular flexibility index (Phi) is 6.71. The first-order chi connectivity index (χ1) is 13.1. The lowest BCUT2D eigenvalue weighted by atomic mass is 10.2. The summed E-state index contributed by atoms with van der Waals surface area (Å²) in [5.74, 6) is 0.594. The van der Waals surface area contributed by atoms with E-state index in [1.807, 2.05) is 17.0 Å². The van der Waals surface area contributed by atoms with E-state index in [2.05, 4.69) is 5.32 Å². The Morgan fingerprint density at radius 2 is 1.74 bits per heavy atom. The van der Waals surface area contributed by atoms with Crippen molar-refractivity contribution in [1.29, 1.82) is 0 Å². The summed E-state index contributed by atoms with van der Waals surface area (Å²) in [6.07, 6.45) is 3.07. The van der Waals surface area contributed by atoms with Crippen molar-refractivity contribution < 1.29 is 14.3 Å². The molecule has 0 unspecified atom stereocenters. The summed E-state index contributed by atoms with van der Waals surface area (Å²) >= 11 is 6.02. The molecule has 0 aliphatic carbocycles. The van der Waals surface area contributed by atoms with Crippen molar-refractivity contribution in [3.05, 3.63) is 59.1 Å². The van der Waals surface area contributed by atoms with Crippen LogP contribution in [0.2, 0.25) is 5.02 Å². The van der Waals surface area contributed by atoms with E-state index in [4.69, 9.17) is 16.3 Å². The summed E-state index contributed by atoms with van der Waals surface area (Å²) in [6.45, 7) is 2.07. The van der Waals surface area contributed by atoms with Gasteiger partial charge in [0.15, 0.2) is 0 Å². The summed E-state index contributed by atoms with van der Waals surface area (Å²) in [5.41, 5.74) is 1.34. The van der Waals surface area contributed by atoms with Gasteiger partial charge in [-0.05, 0) is 55.7 Å². The molecule has 2 aromatic rings. The van der Waals surface area contributed by atoms with Crippen molar-refractivity contribution in [2.75, 3.05) is 25.0 Å². The Hall–Kier alpha value is -2.53. The molecule has 0 aromatic heterocycles. The van der Waals surface area contributed by atoms with Gasteiger partial charge < -0.3 is 15.0 Å². The molecule has 0 atom stereocenters. The summed E-state index contributed by atoms with van der Waals surface area (Å²) in [4.78, 5) is 26.2. The highest BCUT2D eigenvalue weighted by Crippen LogP contribution is 2.23. The van der Waals surface area contributed by atoms with Gasteiger partial charge in [-0.1, -0.05) is 23.7 Å². The molecule has 0 radical (unpaired) electrons. The van der Waals surface area contributed by atoms with Crippen LogP contribution >= 0.6 is 11.6 Å². The van der Waals surface area contributed by atoms with E-state index in [9.17, 15) is 9.59 Å². The lowest BCUT2D eigenvalue weighted by Gasteiger charge is -2.15. The van der Waals surface area contributed by atoms with E-state index in [0.29, 0.717) is 41.5 Å². The zero-order chi connectivity index (χ0) is 19.1. The number of anilines is 1. The Labute approximate surface area is 164 Å². The summed E-state index contributed by atoms with van der Waals surface area (Å²) in [7, 11) is 0. The quantitative estimate of drug-likeness (QED) is 0.718. The maximum atomic E-state index is 12.3. The number of halogens is 1. The zero-order valence-electron chi connectivity index (χ0n) is 15.1. The van der Waals surface area contributed by atoms with Gasteiger partial charge in [-0.15, -0.1) is 0 Å². The monoisotopic (exact) mass is 386 g/mol. The first kappa shape index (κ1) is 19.2. The van der Waals surface area contributed by atoms with Gasteiger partial charge in [-0.3, -0.25) is 9.59 Å². The second-order valence-corrected chi connectivity index (χ2v) is 6.91. The Balaban J connectivity index is 1.41. The molecule has 5 nitrogen and oxygen atoms in total. The van der Waals surface area contributed by atoms with Gasteiger partial charge in [-0.25, -0.2) is 0 Å². The van der Waals surface area contributed by atoms with E-state index < -0.39 is 0 Å². The van der Waals surface area contributed by atoms with Gasteiger partial charge in [0.2, 0.25) is 5.91 Å². The molecule has 1 aliphatic rings. The van der Waals surface area contributed by atoms with Crippen LogP contribution in [0.5, 0.6) is 5.75 Å². The fourth-order valence-electron chi connectivity index (χ4n) is 3.00. The number of ether oxygens (including phenoxy) is 1. The lowest BCUT2D eigenvalue weighted by molar-refractivity contribution is -0.116. The normalized spacial score (nSPS) is 13.4. The molecular weight excluding hydrogens is 364 g/mol. The average molecular weight is 387 g/mol. The van der Waals surface area contributed by atoms with Crippen LogP contribution in [0.4, 0.5) is 5.69 Å². The molecule has 6 heteroatoms. The second kappa shape index (κ2) is 9.42. The minimum Gasteiger partial charge on any atom is -0.492 e. The molecule has 1 aliphatic heterocycles. The highest BCUT2D eigenvalue weighted by Gasteiger charge is 2.19. The predicted octanol–water partition coefficient (Wildman–Crippen LogP) is 4.37. The van der Waals surface area contributed by atoms with Crippen LogP contribution in [-0.2, 0) is 4.79 Å². The fourth-order valence-corrected chi connectivity index (χ4v) is 3.19. The molecule has 27 heavy (non-hydrogen) atoms. The standard InChI is InChI=1S/C21H23ClN2O3/c22-18-6-1-2-7-19(18)27-15-5-8-20(25)23-17-11-9-16(10-12-17)21(26)24-13-3-4-14-24/h1-2,6-7,9-12H,3-5,8,13-15H2,(H,23,25). The number of hydrogen-bond donors (Lipinski definition) is 1. The molecule has 0 spiro atoms. The zero-order valence-corrected chi connectivity index (χ0v) is 15.9. The second-order valence-electron chi connectivity index (χ2n) is 6.51. The van der Waals surface area contributed by atoms with Crippen LogP contribution in [0.3, 0.4) is 0 Å². The van der Waals surface area contributed by atoms with Gasteiger partial charge in [0.05, 0.1) is 11.6 Å². The van der Waals surface area contributed by atoms with Crippen LogP contribution in [-0.4, -0.2) is 36.4 Å². The van der Waals surface area contributed by atoms with Gasteiger partial charge in [0, 0.05) is 30.8 Å². The maximum absolute atomic E-state index is 12.3. The van der Waals surface area contributed by atoms with E-state index >= 15 is 0 Å². The van der Waals surface area contributed by atoms with E-state index in [-0.39, 0.29) is 11.8 Å². The summed E-state index contributed by atoms with van der Waals surface area (Å²) in [5, 5.41) is 3.40. The largest absolute Gasteiger partial charge is 0.492 e. The third-order valence-electron chi connectivity index (χ3n) is 4.45. The van der Waals surface area contributed by atoms with Crippen LogP contribution in [0.1, 0.15) is 36.0 Å². The summed E-state index contributed by atoms with van der Waals surface area (Å²) in [6, 6.07) is 14.3. The minimum absolute atomic E-state index is 0.0575. The lowest BCUT2D eigenvalue weighted by Crippen LogP contribution is -2.27. The highest BCUT2D eigenvalue weighted by atomic mass is 35.5. The average Bonchev–Trinajstić information content (AvgIpc) is 3.21. The number of amides is 2. The molecule has 2 amide bonds. The Bertz CT molecular complexity index is 786. The topological polar surface area (TPSA) is 58.6 Å². The number of likely N-dealkylation sites (tertiary alicyclic amines) is 1. The molecule has 0 bridgehead atoms. The Morgan fingerprint density at radius 1 is 1.04 bits per heavy atom. The molecule has 3 rings (SSSR count). The van der Waals surface area contributed by atoms with Gasteiger partial charge in [0.25, 0.3) is 5.91 Å². The molecule has 1 N–H and O–H groups in total. The van der Waals surface area contributed by atoms with Crippen molar-refractivity contribution in [2.45, 2.75) is 25.7 Å².